The Labute approximate surface area is 185 Å². The van der Waals surface area contributed by atoms with E-state index in [9.17, 15) is 13.2 Å². The van der Waals surface area contributed by atoms with Gasteiger partial charge in [0, 0.05) is 10.3 Å². The number of sulfone groups is 1. The van der Waals surface area contributed by atoms with Gasteiger partial charge < -0.3 is 9.64 Å². The Hall–Kier alpha value is -2.03. The average Bonchev–Trinajstić information content (AvgIpc) is 3.14. The number of methoxy groups -OCH3 is 1. The normalized spacial score (nSPS) is 23.6. The van der Waals surface area contributed by atoms with Crippen LogP contribution in [0.4, 0.5) is 5.69 Å². The Balaban J connectivity index is 1.69. The number of fused-ring (bicyclic) bond motifs is 1. The molecule has 2 heterocycles. The van der Waals surface area contributed by atoms with Crippen molar-refractivity contribution in [3.63, 3.8) is 0 Å². The molecule has 0 saturated carbocycles. The second-order valence-electron chi connectivity index (χ2n) is 7.44. The fourth-order valence-corrected chi connectivity index (χ4v) is 7.81. The molecule has 158 valence electrons. The van der Waals surface area contributed by atoms with E-state index in [0.717, 1.165) is 11.1 Å². The first-order valence-corrected chi connectivity index (χ1v) is 12.5. The van der Waals surface area contributed by atoms with Crippen molar-refractivity contribution in [1.29, 1.82) is 0 Å². The van der Waals surface area contributed by atoms with Crippen LogP contribution >= 0.6 is 23.4 Å². The summed E-state index contributed by atoms with van der Waals surface area (Å²) in [5.74, 6) is 0.331. The minimum atomic E-state index is -3.16. The van der Waals surface area contributed by atoms with Crippen molar-refractivity contribution in [3.05, 3.63) is 58.6 Å². The van der Waals surface area contributed by atoms with Crippen molar-refractivity contribution in [1.82, 2.24) is 0 Å². The summed E-state index contributed by atoms with van der Waals surface area (Å²) in [6.45, 7) is 1.99. The maximum Gasteiger partial charge on any atom is 0.252 e. The van der Waals surface area contributed by atoms with Crippen LogP contribution in [0.5, 0.6) is 5.75 Å². The van der Waals surface area contributed by atoms with Gasteiger partial charge in [-0.2, -0.15) is 4.99 Å². The van der Waals surface area contributed by atoms with E-state index in [0.29, 0.717) is 21.6 Å². The molecule has 2 fully saturated rings. The van der Waals surface area contributed by atoms with Gasteiger partial charge in [-0.1, -0.05) is 53.2 Å². The predicted octanol–water partition coefficient (Wildman–Crippen LogP) is 3.50. The molecule has 2 aromatic carbocycles. The summed E-state index contributed by atoms with van der Waals surface area (Å²) < 4.78 is 29.9. The molecule has 2 aromatic rings. The largest absolute Gasteiger partial charge is 0.495 e. The molecule has 6 nitrogen and oxygen atoms in total. The number of amidine groups is 1. The van der Waals surface area contributed by atoms with Crippen LogP contribution in [0.15, 0.2) is 47.5 Å². The second-order valence-corrected chi connectivity index (χ2v) is 11.2. The summed E-state index contributed by atoms with van der Waals surface area (Å²) in [5.41, 5.74) is 2.62. The Morgan fingerprint density at radius 3 is 2.67 bits per heavy atom. The molecule has 0 aromatic heterocycles. The molecule has 0 radical (unpaired) electrons. The van der Waals surface area contributed by atoms with E-state index in [1.165, 1.54) is 18.9 Å². The third-order valence-corrected chi connectivity index (χ3v) is 8.61. The number of carbonyl (C=O) groups is 1. The monoisotopic (exact) mass is 464 g/mol. The molecule has 9 heteroatoms. The van der Waals surface area contributed by atoms with Crippen molar-refractivity contribution < 1.29 is 17.9 Å². The lowest BCUT2D eigenvalue weighted by molar-refractivity contribution is -0.117. The fourth-order valence-electron chi connectivity index (χ4n) is 3.72. The second kappa shape index (κ2) is 8.24. The van der Waals surface area contributed by atoms with Gasteiger partial charge in [-0.15, -0.1) is 0 Å². The maximum absolute atomic E-state index is 12.7. The van der Waals surface area contributed by atoms with Gasteiger partial charge in [0.15, 0.2) is 15.0 Å². The summed E-state index contributed by atoms with van der Waals surface area (Å²) >= 11 is 7.54. The van der Waals surface area contributed by atoms with Crippen molar-refractivity contribution in [2.75, 3.05) is 23.5 Å². The maximum atomic E-state index is 12.7. The van der Waals surface area contributed by atoms with Crippen molar-refractivity contribution >= 4 is 50.0 Å². The van der Waals surface area contributed by atoms with Gasteiger partial charge in [0.2, 0.25) is 0 Å². The molecule has 2 saturated heterocycles. The van der Waals surface area contributed by atoms with Crippen molar-refractivity contribution in [3.8, 4) is 5.75 Å². The van der Waals surface area contributed by atoms with E-state index < -0.39 is 9.84 Å². The SMILES string of the molecule is COc1ccc(Cl)cc1N1C(=NC(=O)Cc2ccc(C)cc2)S[C@H]2CS(=O)(=O)C[C@@H]21. The lowest BCUT2D eigenvalue weighted by atomic mass is 10.1. The Morgan fingerprint density at radius 2 is 1.97 bits per heavy atom. The van der Waals surface area contributed by atoms with Gasteiger partial charge in [-0.3, -0.25) is 4.79 Å². The number of benzene rings is 2. The van der Waals surface area contributed by atoms with Crippen molar-refractivity contribution in [2.24, 2.45) is 4.99 Å². The Morgan fingerprint density at radius 1 is 1.23 bits per heavy atom. The number of anilines is 1. The van der Waals surface area contributed by atoms with E-state index in [2.05, 4.69) is 4.99 Å². The fraction of sp³-hybridized carbons (Fsp3) is 0.333. The summed E-state index contributed by atoms with van der Waals surface area (Å²) in [6, 6.07) is 12.6. The first-order chi connectivity index (χ1) is 14.3. The number of carbonyl (C=O) groups excluding carboxylic acids is 1. The molecule has 0 spiro atoms. The first kappa shape index (κ1) is 21.2. The Bertz CT molecular complexity index is 1120. The highest BCUT2D eigenvalue weighted by molar-refractivity contribution is 8.16. The van der Waals surface area contributed by atoms with Gasteiger partial charge >= 0.3 is 0 Å². The van der Waals surface area contributed by atoms with E-state index in [4.69, 9.17) is 16.3 Å². The van der Waals surface area contributed by atoms with Crippen LogP contribution < -0.4 is 9.64 Å². The number of amides is 1. The van der Waals surface area contributed by atoms with Crippen LogP contribution in [-0.2, 0) is 21.1 Å². The van der Waals surface area contributed by atoms with Crippen LogP contribution in [0, 0.1) is 6.92 Å². The van der Waals surface area contributed by atoms with E-state index in [1.807, 2.05) is 31.2 Å². The van der Waals surface area contributed by atoms with Crippen LogP contribution in [0.1, 0.15) is 11.1 Å². The predicted molar refractivity (Wildman–Crippen MR) is 122 cm³/mol. The molecule has 0 aliphatic carbocycles. The van der Waals surface area contributed by atoms with Gasteiger partial charge in [0.05, 0.1) is 36.8 Å². The van der Waals surface area contributed by atoms with Gasteiger partial charge in [-0.05, 0) is 30.7 Å². The molecule has 0 unspecified atom stereocenters. The molecule has 1 amide bonds. The zero-order valence-corrected chi connectivity index (χ0v) is 18.9. The molecule has 2 aliphatic rings. The summed E-state index contributed by atoms with van der Waals surface area (Å²) in [7, 11) is -1.62. The summed E-state index contributed by atoms with van der Waals surface area (Å²) in [4.78, 5) is 18.9. The smallest absolute Gasteiger partial charge is 0.252 e. The van der Waals surface area contributed by atoms with Crippen LogP contribution in [0.25, 0.3) is 0 Å². The number of halogens is 1. The number of thioether (sulfide) groups is 1. The van der Waals surface area contributed by atoms with E-state index >= 15 is 0 Å². The van der Waals surface area contributed by atoms with E-state index in [-0.39, 0.29) is 35.1 Å². The van der Waals surface area contributed by atoms with Gasteiger partial charge in [-0.25, -0.2) is 8.42 Å². The molecule has 2 atom stereocenters. The van der Waals surface area contributed by atoms with E-state index in [1.54, 1.807) is 23.1 Å². The van der Waals surface area contributed by atoms with Gasteiger partial charge in [0.25, 0.3) is 5.91 Å². The van der Waals surface area contributed by atoms with Crippen LogP contribution in [0.3, 0.4) is 0 Å². The summed E-state index contributed by atoms with van der Waals surface area (Å²) in [5, 5.41) is 0.785. The van der Waals surface area contributed by atoms with Crippen LogP contribution in [0.2, 0.25) is 5.02 Å². The summed E-state index contributed by atoms with van der Waals surface area (Å²) in [6.07, 6.45) is 0.179. The number of rotatable bonds is 4. The number of hydrogen-bond donors (Lipinski definition) is 0. The minimum Gasteiger partial charge on any atom is -0.495 e. The first-order valence-electron chi connectivity index (χ1n) is 9.42. The highest BCUT2D eigenvalue weighted by atomic mass is 35.5. The molecule has 2 aliphatic heterocycles. The number of ether oxygens (including phenoxy) is 1. The topological polar surface area (TPSA) is 76.0 Å². The lowest BCUT2D eigenvalue weighted by Crippen LogP contribution is -2.38. The number of aryl methyl sites for hydroxylation is 1. The molecule has 0 bridgehead atoms. The average molecular weight is 465 g/mol. The quantitative estimate of drug-likeness (QED) is 0.689. The number of nitrogens with zero attached hydrogens (tertiary/aromatic N) is 2. The minimum absolute atomic E-state index is 0.00546. The zero-order valence-electron chi connectivity index (χ0n) is 16.5. The standard InChI is InChI=1S/C21H21ClN2O4S2/c1-13-3-5-14(6-4-13)9-20(25)23-21-24(16-10-15(22)7-8-18(16)28-2)17-11-30(26,27)12-19(17)29-21/h3-8,10,17,19H,9,11-12H2,1-2H3/t17-,19-/m0/s1. The molecular formula is C21H21ClN2O4S2. The highest BCUT2D eigenvalue weighted by Crippen LogP contribution is 2.44. The number of aliphatic imine (C=N–C) groups is 1. The number of hydrogen-bond acceptors (Lipinski definition) is 5. The van der Waals surface area contributed by atoms with Crippen LogP contribution in [-0.4, -0.2) is 49.4 Å². The molecule has 30 heavy (non-hydrogen) atoms. The third-order valence-electron chi connectivity index (χ3n) is 5.16. The lowest BCUT2D eigenvalue weighted by Gasteiger charge is -2.26. The highest BCUT2D eigenvalue weighted by Gasteiger charge is 2.50. The Kier molecular flexibility index (Phi) is 5.83. The third kappa shape index (κ3) is 4.36. The zero-order chi connectivity index (χ0) is 21.5. The molecule has 0 N–H and O–H groups in total. The van der Waals surface area contributed by atoms with Gasteiger partial charge in [0.1, 0.15) is 5.75 Å². The molecular weight excluding hydrogens is 444 g/mol. The molecule has 4 rings (SSSR count). The van der Waals surface area contributed by atoms with Crippen molar-refractivity contribution in [2.45, 2.75) is 24.6 Å².